The fraction of sp³-hybridized carbons (Fsp3) is 0.889. The second kappa shape index (κ2) is 4.61. The van der Waals surface area contributed by atoms with Crippen LogP contribution in [-0.2, 0) is 4.74 Å². The van der Waals surface area contributed by atoms with Crippen LogP contribution in [0.2, 0.25) is 0 Å². The molecule has 0 spiro atoms. The summed E-state index contributed by atoms with van der Waals surface area (Å²) in [5, 5.41) is 8.81. The van der Waals surface area contributed by atoms with Gasteiger partial charge >= 0.3 is 6.09 Å². The molecule has 0 aromatic rings. The molecule has 1 fully saturated rings. The highest BCUT2D eigenvalue weighted by molar-refractivity contribution is 5.65. The zero-order valence-electron chi connectivity index (χ0n) is 8.64. The van der Waals surface area contributed by atoms with Crippen molar-refractivity contribution in [1.29, 1.82) is 0 Å². The van der Waals surface area contributed by atoms with Gasteiger partial charge in [-0.2, -0.15) is 0 Å². The van der Waals surface area contributed by atoms with Gasteiger partial charge in [-0.05, 0) is 20.3 Å². The summed E-state index contributed by atoms with van der Waals surface area (Å²) in [5.41, 5.74) is 5.85. The SMILES string of the molecule is CC(C)O[C@@H]1CN(C(=O)O)CC[C@@H]1N. The largest absolute Gasteiger partial charge is 0.465 e. The van der Waals surface area contributed by atoms with Crippen LogP contribution in [0.3, 0.4) is 0 Å². The predicted molar refractivity (Wildman–Crippen MR) is 52.2 cm³/mol. The molecular weight excluding hydrogens is 184 g/mol. The number of ether oxygens (including phenoxy) is 1. The van der Waals surface area contributed by atoms with Crippen LogP contribution in [0.1, 0.15) is 20.3 Å². The molecule has 1 rings (SSSR count). The third-order valence-corrected chi connectivity index (χ3v) is 2.33. The number of likely N-dealkylation sites (tertiary alicyclic amines) is 1. The summed E-state index contributed by atoms with van der Waals surface area (Å²) in [6, 6.07) is -0.0481. The zero-order chi connectivity index (χ0) is 10.7. The van der Waals surface area contributed by atoms with Gasteiger partial charge in [0.15, 0.2) is 0 Å². The lowest BCUT2D eigenvalue weighted by Crippen LogP contribution is -2.53. The summed E-state index contributed by atoms with van der Waals surface area (Å²) in [4.78, 5) is 12.1. The lowest BCUT2D eigenvalue weighted by atomic mass is 10.0. The Morgan fingerprint density at radius 2 is 2.29 bits per heavy atom. The van der Waals surface area contributed by atoms with Crippen molar-refractivity contribution >= 4 is 6.09 Å². The van der Waals surface area contributed by atoms with Crippen LogP contribution in [0, 0.1) is 0 Å². The molecule has 1 amide bonds. The van der Waals surface area contributed by atoms with Gasteiger partial charge in [0.1, 0.15) is 0 Å². The van der Waals surface area contributed by atoms with E-state index in [0.29, 0.717) is 19.5 Å². The van der Waals surface area contributed by atoms with Crippen molar-refractivity contribution in [3.8, 4) is 0 Å². The molecule has 1 heterocycles. The van der Waals surface area contributed by atoms with Gasteiger partial charge < -0.3 is 20.5 Å². The molecule has 82 valence electrons. The first-order chi connectivity index (χ1) is 6.50. The van der Waals surface area contributed by atoms with E-state index >= 15 is 0 Å². The highest BCUT2D eigenvalue weighted by Crippen LogP contribution is 2.14. The van der Waals surface area contributed by atoms with E-state index in [1.54, 1.807) is 0 Å². The van der Waals surface area contributed by atoms with Gasteiger partial charge in [-0.15, -0.1) is 0 Å². The molecule has 3 N–H and O–H groups in total. The lowest BCUT2D eigenvalue weighted by Gasteiger charge is -2.36. The van der Waals surface area contributed by atoms with Gasteiger partial charge in [-0.25, -0.2) is 4.79 Å². The Balaban J connectivity index is 2.50. The molecule has 5 heteroatoms. The van der Waals surface area contributed by atoms with E-state index in [-0.39, 0.29) is 18.2 Å². The van der Waals surface area contributed by atoms with E-state index in [9.17, 15) is 4.79 Å². The molecule has 1 saturated heterocycles. The van der Waals surface area contributed by atoms with Gasteiger partial charge in [0.2, 0.25) is 0 Å². The molecule has 0 saturated carbocycles. The average Bonchev–Trinajstić information content (AvgIpc) is 2.07. The number of piperidine rings is 1. The average molecular weight is 202 g/mol. The van der Waals surface area contributed by atoms with E-state index in [1.807, 2.05) is 13.8 Å². The van der Waals surface area contributed by atoms with Crippen LogP contribution in [0.25, 0.3) is 0 Å². The fourth-order valence-electron chi connectivity index (χ4n) is 1.60. The molecule has 0 aliphatic carbocycles. The van der Waals surface area contributed by atoms with Crippen LogP contribution < -0.4 is 5.73 Å². The van der Waals surface area contributed by atoms with E-state index in [4.69, 9.17) is 15.6 Å². The first-order valence-electron chi connectivity index (χ1n) is 4.89. The molecule has 14 heavy (non-hydrogen) atoms. The van der Waals surface area contributed by atoms with Gasteiger partial charge in [0.05, 0.1) is 18.8 Å². The summed E-state index contributed by atoms with van der Waals surface area (Å²) in [6.07, 6.45) is -0.308. The number of rotatable bonds is 2. The summed E-state index contributed by atoms with van der Waals surface area (Å²) in [6.45, 7) is 4.74. The van der Waals surface area contributed by atoms with Crippen LogP contribution in [0.15, 0.2) is 0 Å². The first-order valence-corrected chi connectivity index (χ1v) is 4.89. The van der Waals surface area contributed by atoms with Crippen molar-refractivity contribution in [3.63, 3.8) is 0 Å². The lowest BCUT2D eigenvalue weighted by molar-refractivity contribution is -0.0396. The molecule has 0 aromatic heterocycles. The molecule has 5 nitrogen and oxygen atoms in total. The van der Waals surface area contributed by atoms with E-state index in [0.717, 1.165) is 0 Å². The Morgan fingerprint density at radius 1 is 1.64 bits per heavy atom. The maximum absolute atomic E-state index is 10.7. The standard InChI is InChI=1S/C9H18N2O3/c1-6(2)14-8-5-11(9(12)13)4-3-7(8)10/h6-8H,3-5,10H2,1-2H3,(H,12,13)/t7-,8+/m0/s1. The quantitative estimate of drug-likeness (QED) is 0.683. The number of carboxylic acid groups (broad SMARTS) is 1. The third kappa shape index (κ3) is 2.85. The van der Waals surface area contributed by atoms with Crippen LogP contribution in [0.5, 0.6) is 0 Å². The normalized spacial score (nSPS) is 28.1. The number of nitrogens with two attached hydrogens (primary N) is 1. The van der Waals surface area contributed by atoms with E-state index in [1.165, 1.54) is 4.90 Å². The Kier molecular flexibility index (Phi) is 3.71. The van der Waals surface area contributed by atoms with Crippen LogP contribution in [0.4, 0.5) is 4.79 Å². The summed E-state index contributed by atoms with van der Waals surface area (Å²) in [5.74, 6) is 0. The molecule has 1 aliphatic heterocycles. The fourth-order valence-corrected chi connectivity index (χ4v) is 1.60. The molecule has 0 aromatic carbocycles. The molecule has 0 bridgehead atoms. The third-order valence-electron chi connectivity index (χ3n) is 2.33. The van der Waals surface area contributed by atoms with Crippen LogP contribution >= 0.6 is 0 Å². The zero-order valence-corrected chi connectivity index (χ0v) is 8.64. The molecule has 0 radical (unpaired) electrons. The topological polar surface area (TPSA) is 75.8 Å². The van der Waals surface area contributed by atoms with Crippen molar-refractivity contribution in [3.05, 3.63) is 0 Å². The predicted octanol–water partition coefficient (Wildman–Crippen LogP) is 0.491. The van der Waals surface area contributed by atoms with Crippen molar-refractivity contribution < 1.29 is 14.6 Å². The molecule has 0 unspecified atom stereocenters. The molecule has 2 atom stereocenters. The van der Waals surface area contributed by atoms with Crippen LogP contribution in [-0.4, -0.2) is 47.4 Å². The van der Waals surface area contributed by atoms with Crippen molar-refractivity contribution in [2.24, 2.45) is 5.73 Å². The number of hydrogen-bond acceptors (Lipinski definition) is 3. The summed E-state index contributed by atoms with van der Waals surface area (Å²) < 4.78 is 5.55. The van der Waals surface area contributed by atoms with Gasteiger partial charge in [0, 0.05) is 12.6 Å². The summed E-state index contributed by atoms with van der Waals surface area (Å²) in [7, 11) is 0. The van der Waals surface area contributed by atoms with Gasteiger partial charge in [-0.1, -0.05) is 0 Å². The Labute approximate surface area is 83.8 Å². The monoisotopic (exact) mass is 202 g/mol. The van der Waals surface area contributed by atoms with E-state index in [2.05, 4.69) is 0 Å². The van der Waals surface area contributed by atoms with Crippen molar-refractivity contribution in [1.82, 2.24) is 4.90 Å². The Bertz CT molecular complexity index is 208. The van der Waals surface area contributed by atoms with Gasteiger partial charge in [-0.3, -0.25) is 0 Å². The minimum atomic E-state index is -0.894. The minimum Gasteiger partial charge on any atom is -0.465 e. The molecular formula is C9H18N2O3. The summed E-state index contributed by atoms with van der Waals surface area (Å²) >= 11 is 0. The second-order valence-corrected chi connectivity index (χ2v) is 3.90. The Morgan fingerprint density at radius 3 is 2.79 bits per heavy atom. The first kappa shape index (κ1) is 11.3. The second-order valence-electron chi connectivity index (χ2n) is 3.90. The number of nitrogens with zero attached hydrogens (tertiary/aromatic N) is 1. The smallest absolute Gasteiger partial charge is 0.407 e. The highest BCUT2D eigenvalue weighted by atomic mass is 16.5. The number of hydrogen-bond donors (Lipinski definition) is 2. The number of amides is 1. The Hall–Kier alpha value is -0.810. The van der Waals surface area contributed by atoms with E-state index < -0.39 is 6.09 Å². The minimum absolute atomic E-state index is 0.0481. The number of carbonyl (C=O) groups is 1. The van der Waals surface area contributed by atoms with Crippen molar-refractivity contribution in [2.75, 3.05) is 13.1 Å². The van der Waals surface area contributed by atoms with Crippen molar-refractivity contribution in [2.45, 2.75) is 38.5 Å². The maximum atomic E-state index is 10.7. The van der Waals surface area contributed by atoms with Gasteiger partial charge in [0.25, 0.3) is 0 Å². The maximum Gasteiger partial charge on any atom is 0.407 e. The highest BCUT2D eigenvalue weighted by Gasteiger charge is 2.30. The molecule has 1 aliphatic rings.